The summed E-state index contributed by atoms with van der Waals surface area (Å²) in [6.45, 7) is 8.38. The number of nitrogens with zero attached hydrogens (tertiary/aromatic N) is 2. The van der Waals surface area contributed by atoms with Gasteiger partial charge in [0.2, 0.25) is 5.91 Å². The minimum atomic E-state index is -4.00. The second kappa shape index (κ2) is 10.4. The smallest absolute Gasteiger partial charge is 0.265 e. The summed E-state index contributed by atoms with van der Waals surface area (Å²) in [5.41, 5.74) is 2.47. The van der Waals surface area contributed by atoms with Gasteiger partial charge in [-0.15, -0.1) is 0 Å². The van der Waals surface area contributed by atoms with E-state index in [0.717, 1.165) is 44.7 Å². The lowest BCUT2D eigenvalue weighted by atomic mass is 9.89. The first-order chi connectivity index (χ1) is 16.7. The summed E-state index contributed by atoms with van der Waals surface area (Å²) in [5.74, 6) is 0.529. The molecule has 1 aromatic carbocycles. The lowest BCUT2D eigenvalue weighted by Gasteiger charge is -2.39. The Hall–Kier alpha value is -2.17. The molecule has 0 unspecified atom stereocenters. The van der Waals surface area contributed by atoms with Gasteiger partial charge in [0, 0.05) is 37.8 Å². The van der Waals surface area contributed by atoms with Gasteiger partial charge in [0.15, 0.2) is 14.6 Å². The Bertz CT molecular complexity index is 1000. The molecule has 0 aliphatic carbocycles. The Labute approximate surface area is 208 Å². The van der Waals surface area contributed by atoms with Crippen LogP contribution in [0.3, 0.4) is 0 Å². The molecule has 3 aliphatic rings. The van der Waals surface area contributed by atoms with Crippen molar-refractivity contribution in [3.05, 3.63) is 24.3 Å². The van der Waals surface area contributed by atoms with Crippen molar-refractivity contribution >= 4 is 27.3 Å². The second-order valence-electron chi connectivity index (χ2n) is 10.6. The molecule has 0 radical (unpaired) electrons. The fourth-order valence-electron chi connectivity index (χ4n) is 6.10. The van der Waals surface area contributed by atoms with Gasteiger partial charge < -0.3 is 15.1 Å². The standard InChI is InChI=1S/C25H38N4O5S/c1-18-15-19(2)17-29(16-18)23(30)20-7-13-28(14-8-20)21-3-5-22(6-4-21)35(33,34)25(24(31)27-32)9-11-26-12-10-25/h3-6,18-20,26,32H,7-17H2,1-2H3,(H,27,31)/t18-,19-/m1/s1. The molecule has 194 valence electrons. The topological polar surface area (TPSA) is 119 Å². The van der Waals surface area contributed by atoms with Gasteiger partial charge in [-0.2, -0.15) is 0 Å². The van der Waals surface area contributed by atoms with Crippen LogP contribution in [0.25, 0.3) is 0 Å². The molecule has 4 rings (SSSR count). The number of amides is 2. The first-order valence-corrected chi connectivity index (χ1v) is 14.2. The van der Waals surface area contributed by atoms with Gasteiger partial charge in [0.25, 0.3) is 5.91 Å². The summed E-state index contributed by atoms with van der Waals surface area (Å²) in [5, 5.41) is 12.3. The SMILES string of the molecule is C[C@@H]1C[C@@H](C)CN(C(=O)C2CCN(c3ccc(S(=O)(=O)C4(C(=O)NO)CCNCC4)cc3)CC2)C1. The average molecular weight is 507 g/mol. The first-order valence-electron chi connectivity index (χ1n) is 12.7. The molecule has 2 amide bonds. The molecular formula is C25H38N4O5S. The van der Waals surface area contributed by atoms with Gasteiger partial charge in [0.1, 0.15) is 0 Å². The summed E-state index contributed by atoms with van der Waals surface area (Å²) in [7, 11) is -4.00. The van der Waals surface area contributed by atoms with Crippen molar-refractivity contribution in [2.45, 2.75) is 55.6 Å². The Balaban J connectivity index is 1.41. The van der Waals surface area contributed by atoms with Crippen LogP contribution in [0.15, 0.2) is 29.2 Å². The van der Waals surface area contributed by atoms with Crippen molar-refractivity contribution in [1.29, 1.82) is 0 Å². The van der Waals surface area contributed by atoms with Crippen molar-refractivity contribution in [2.75, 3.05) is 44.2 Å². The zero-order valence-corrected chi connectivity index (χ0v) is 21.5. The number of carbonyl (C=O) groups excluding carboxylic acids is 2. The summed E-state index contributed by atoms with van der Waals surface area (Å²) in [4.78, 5) is 29.9. The number of hydrogen-bond donors (Lipinski definition) is 3. The average Bonchev–Trinajstić information content (AvgIpc) is 2.87. The van der Waals surface area contributed by atoms with Crippen molar-refractivity contribution in [3.8, 4) is 0 Å². The maximum absolute atomic E-state index is 13.5. The molecule has 0 aromatic heterocycles. The van der Waals surface area contributed by atoms with E-state index in [-0.39, 0.29) is 29.6 Å². The number of piperidine rings is 3. The third-order valence-corrected chi connectivity index (χ3v) is 10.5. The summed E-state index contributed by atoms with van der Waals surface area (Å²) in [6, 6.07) is 6.64. The van der Waals surface area contributed by atoms with E-state index in [1.54, 1.807) is 29.7 Å². The van der Waals surface area contributed by atoms with Crippen LogP contribution in [0.2, 0.25) is 0 Å². The normalized spacial score (nSPS) is 25.8. The van der Waals surface area contributed by atoms with E-state index in [4.69, 9.17) is 0 Å². The second-order valence-corrected chi connectivity index (χ2v) is 12.9. The Morgan fingerprint density at radius 3 is 2.14 bits per heavy atom. The van der Waals surface area contributed by atoms with E-state index < -0.39 is 20.5 Å². The van der Waals surface area contributed by atoms with Gasteiger partial charge in [-0.1, -0.05) is 13.8 Å². The molecule has 3 heterocycles. The van der Waals surface area contributed by atoms with E-state index in [2.05, 4.69) is 29.0 Å². The molecular weight excluding hydrogens is 468 g/mol. The van der Waals surface area contributed by atoms with Crippen molar-refractivity contribution in [1.82, 2.24) is 15.7 Å². The van der Waals surface area contributed by atoms with Gasteiger partial charge in [-0.05, 0) is 81.3 Å². The molecule has 1 aromatic rings. The van der Waals surface area contributed by atoms with Crippen LogP contribution in [0.1, 0.15) is 46.0 Å². The Morgan fingerprint density at radius 1 is 1.03 bits per heavy atom. The highest BCUT2D eigenvalue weighted by Gasteiger charge is 2.51. The van der Waals surface area contributed by atoms with Crippen molar-refractivity contribution in [2.24, 2.45) is 17.8 Å². The molecule has 3 saturated heterocycles. The Morgan fingerprint density at radius 2 is 1.60 bits per heavy atom. The van der Waals surface area contributed by atoms with E-state index in [1.165, 1.54) is 6.42 Å². The lowest BCUT2D eigenvalue weighted by Crippen LogP contribution is -2.57. The van der Waals surface area contributed by atoms with Crippen LogP contribution >= 0.6 is 0 Å². The van der Waals surface area contributed by atoms with E-state index >= 15 is 0 Å². The summed E-state index contributed by atoms with van der Waals surface area (Å²) >= 11 is 0. The number of nitrogens with one attached hydrogen (secondary N) is 2. The van der Waals surface area contributed by atoms with Crippen LogP contribution in [0, 0.1) is 17.8 Å². The summed E-state index contributed by atoms with van der Waals surface area (Å²) < 4.78 is 25.2. The molecule has 0 spiro atoms. The molecule has 10 heteroatoms. The third-order valence-electron chi connectivity index (χ3n) is 7.98. The number of hydrogen-bond acceptors (Lipinski definition) is 7. The van der Waals surface area contributed by atoms with Crippen LogP contribution in [-0.4, -0.2) is 74.4 Å². The minimum Gasteiger partial charge on any atom is -0.371 e. The molecule has 35 heavy (non-hydrogen) atoms. The molecule has 0 bridgehead atoms. The molecule has 3 fully saturated rings. The zero-order chi connectivity index (χ0) is 25.2. The van der Waals surface area contributed by atoms with E-state index in [0.29, 0.717) is 24.9 Å². The number of sulfone groups is 1. The predicted molar refractivity (Wildman–Crippen MR) is 133 cm³/mol. The number of anilines is 1. The fraction of sp³-hybridized carbons (Fsp3) is 0.680. The van der Waals surface area contributed by atoms with Crippen LogP contribution < -0.4 is 15.7 Å². The van der Waals surface area contributed by atoms with Gasteiger partial charge >= 0.3 is 0 Å². The number of likely N-dealkylation sites (tertiary alicyclic amines) is 1. The largest absolute Gasteiger partial charge is 0.371 e. The van der Waals surface area contributed by atoms with Crippen LogP contribution in [-0.2, 0) is 19.4 Å². The monoisotopic (exact) mass is 506 g/mol. The van der Waals surface area contributed by atoms with Crippen molar-refractivity contribution in [3.63, 3.8) is 0 Å². The number of benzene rings is 1. The van der Waals surface area contributed by atoms with Gasteiger partial charge in [-0.25, -0.2) is 13.9 Å². The van der Waals surface area contributed by atoms with Crippen LogP contribution in [0.4, 0.5) is 5.69 Å². The quantitative estimate of drug-likeness (QED) is 0.412. The third kappa shape index (κ3) is 5.06. The number of hydroxylamine groups is 1. The maximum atomic E-state index is 13.5. The molecule has 9 nitrogen and oxygen atoms in total. The molecule has 2 atom stereocenters. The minimum absolute atomic E-state index is 0.0418. The van der Waals surface area contributed by atoms with E-state index in [9.17, 15) is 23.2 Å². The zero-order valence-electron chi connectivity index (χ0n) is 20.7. The van der Waals surface area contributed by atoms with Crippen molar-refractivity contribution < 1.29 is 23.2 Å². The maximum Gasteiger partial charge on any atom is 0.265 e. The highest BCUT2D eigenvalue weighted by Crippen LogP contribution is 2.35. The van der Waals surface area contributed by atoms with Crippen LogP contribution in [0.5, 0.6) is 0 Å². The Kier molecular flexibility index (Phi) is 7.73. The highest BCUT2D eigenvalue weighted by atomic mass is 32.2. The van der Waals surface area contributed by atoms with Gasteiger partial charge in [-0.3, -0.25) is 14.8 Å². The fourth-order valence-corrected chi connectivity index (χ4v) is 8.07. The van der Waals surface area contributed by atoms with E-state index in [1.807, 2.05) is 0 Å². The molecule has 0 saturated carbocycles. The molecule has 3 N–H and O–H groups in total. The lowest BCUT2D eigenvalue weighted by molar-refractivity contribution is -0.139. The predicted octanol–water partition coefficient (Wildman–Crippen LogP) is 1.81. The molecule has 3 aliphatic heterocycles. The van der Waals surface area contributed by atoms with Gasteiger partial charge in [0.05, 0.1) is 4.90 Å². The number of carbonyl (C=O) groups is 2. The highest BCUT2D eigenvalue weighted by molar-refractivity contribution is 7.93. The first kappa shape index (κ1) is 25.9. The summed E-state index contributed by atoms with van der Waals surface area (Å²) in [6.07, 6.45) is 2.94. The number of rotatable bonds is 5.